The third kappa shape index (κ3) is 2.38. The van der Waals surface area contributed by atoms with E-state index >= 15 is 0 Å². The highest BCUT2D eigenvalue weighted by molar-refractivity contribution is 7.08. The first-order valence-electron chi connectivity index (χ1n) is 7.17. The van der Waals surface area contributed by atoms with Crippen molar-refractivity contribution in [1.29, 1.82) is 0 Å². The SMILES string of the molecule is O=C(c1cccc(Cl)c1O)c1c[nH]c2ncc(-c3ccsc3)cc12. The van der Waals surface area contributed by atoms with Crippen LogP contribution in [0, 0.1) is 0 Å². The smallest absolute Gasteiger partial charge is 0.199 e. The molecular weight excluding hydrogens is 344 g/mol. The molecule has 0 saturated heterocycles. The lowest BCUT2D eigenvalue weighted by atomic mass is 10.0. The average Bonchev–Trinajstić information content (AvgIpc) is 3.25. The summed E-state index contributed by atoms with van der Waals surface area (Å²) in [5, 5.41) is 14.9. The maximum atomic E-state index is 12.8. The fourth-order valence-corrected chi connectivity index (χ4v) is 3.46. The Kier molecular flexibility index (Phi) is 3.59. The minimum atomic E-state index is -0.300. The zero-order valence-corrected chi connectivity index (χ0v) is 13.9. The van der Waals surface area contributed by atoms with E-state index in [1.54, 1.807) is 41.9 Å². The van der Waals surface area contributed by atoms with Crippen molar-refractivity contribution in [3.63, 3.8) is 0 Å². The molecule has 2 N–H and O–H groups in total. The molecule has 0 unspecified atom stereocenters. The van der Waals surface area contributed by atoms with E-state index in [1.807, 2.05) is 22.9 Å². The second kappa shape index (κ2) is 5.78. The number of phenolic OH excluding ortho intramolecular Hbond substituents is 1. The number of aromatic amines is 1. The molecule has 3 aromatic heterocycles. The van der Waals surface area contributed by atoms with E-state index in [1.165, 1.54) is 0 Å². The number of rotatable bonds is 3. The van der Waals surface area contributed by atoms with Crippen molar-refractivity contribution in [3.8, 4) is 16.9 Å². The number of hydrogen-bond donors (Lipinski definition) is 2. The second-order valence-corrected chi connectivity index (χ2v) is 6.49. The summed E-state index contributed by atoms with van der Waals surface area (Å²) in [6, 6.07) is 8.66. The van der Waals surface area contributed by atoms with E-state index in [-0.39, 0.29) is 22.1 Å². The number of pyridine rings is 1. The van der Waals surface area contributed by atoms with Crippen molar-refractivity contribution in [3.05, 3.63) is 69.6 Å². The van der Waals surface area contributed by atoms with Crippen LogP contribution in [0.25, 0.3) is 22.2 Å². The molecule has 3 heterocycles. The molecule has 1 aromatic carbocycles. The number of aromatic hydroxyl groups is 1. The number of halogens is 1. The van der Waals surface area contributed by atoms with Gasteiger partial charge in [-0.3, -0.25) is 4.79 Å². The van der Waals surface area contributed by atoms with E-state index in [0.717, 1.165) is 11.1 Å². The van der Waals surface area contributed by atoms with Gasteiger partial charge in [0.05, 0.1) is 10.6 Å². The maximum absolute atomic E-state index is 12.8. The molecule has 0 saturated carbocycles. The van der Waals surface area contributed by atoms with Gasteiger partial charge >= 0.3 is 0 Å². The van der Waals surface area contributed by atoms with E-state index in [0.29, 0.717) is 16.6 Å². The number of para-hydroxylation sites is 1. The third-order valence-electron chi connectivity index (χ3n) is 3.86. The van der Waals surface area contributed by atoms with Gasteiger partial charge in [-0.05, 0) is 40.6 Å². The predicted octanol–water partition coefficient (Wildman–Crippen LogP) is 4.88. The number of fused-ring (bicyclic) bond motifs is 1. The number of nitrogens with zero attached hydrogens (tertiary/aromatic N) is 1. The number of phenols is 1. The number of H-pyrrole nitrogens is 1. The fourth-order valence-electron chi connectivity index (χ4n) is 2.62. The number of benzene rings is 1. The molecule has 4 nitrogen and oxygen atoms in total. The first kappa shape index (κ1) is 14.9. The summed E-state index contributed by atoms with van der Waals surface area (Å²) in [6.07, 6.45) is 3.38. The summed E-state index contributed by atoms with van der Waals surface area (Å²) in [4.78, 5) is 20.2. The zero-order valence-electron chi connectivity index (χ0n) is 12.3. The van der Waals surface area contributed by atoms with Gasteiger partial charge in [-0.25, -0.2) is 4.98 Å². The quantitative estimate of drug-likeness (QED) is 0.515. The van der Waals surface area contributed by atoms with Crippen LogP contribution in [0.2, 0.25) is 5.02 Å². The van der Waals surface area contributed by atoms with Gasteiger partial charge in [0.25, 0.3) is 0 Å². The Morgan fingerprint density at radius 3 is 2.88 bits per heavy atom. The molecule has 0 fully saturated rings. The summed E-state index contributed by atoms with van der Waals surface area (Å²) in [7, 11) is 0. The van der Waals surface area contributed by atoms with Crippen LogP contribution in [0.15, 0.2) is 53.5 Å². The van der Waals surface area contributed by atoms with Crippen molar-refractivity contribution in [2.24, 2.45) is 0 Å². The van der Waals surface area contributed by atoms with Crippen molar-refractivity contribution >= 4 is 39.8 Å². The molecule has 4 aromatic rings. The molecule has 0 aliphatic rings. The minimum absolute atomic E-state index is 0.151. The summed E-state index contributed by atoms with van der Waals surface area (Å²) in [5.41, 5.74) is 3.24. The topological polar surface area (TPSA) is 66.0 Å². The van der Waals surface area contributed by atoms with Crippen LogP contribution < -0.4 is 0 Å². The average molecular weight is 355 g/mol. The lowest BCUT2D eigenvalue weighted by Gasteiger charge is -2.05. The van der Waals surface area contributed by atoms with Gasteiger partial charge in [0, 0.05) is 28.9 Å². The van der Waals surface area contributed by atoms with Crippen LogP contribution >= 0.6 is 22.9 Å². The molecule has 4 rings (SSSR count). The molecule has 118 valence electrons. The first-order valence-corrected chi connectivity index (χ1v) is 8.49. The predicted molar refractivity (Wildman–Crippen MR) is 96.0 cm³/mol. The van der Waals surface area contributed by atoms with Gasteiger partial charge in [-0.1, -0.05) is 17.7 Å². The lowest BCUT2D eigenvalue weighted by molar-refractivity contribution is 0.103. The highest BCUT2D eigenvalue weighted by Crippen LogP contribution is 2.31. The normalized spacial score (nSPS) is 11.0. The number of aromatic nitrogens is 2. The summed E-state index contributed by atoms with van der Waals surface area (Å²) in [5.74, 6) is -0.508. The van der Waals surface area contributed by atoms with Gasteiger partial charge in [0.1, 0.15) is 11.4 Å². The molecule has 6 heteroatoms. The number of hydrogen-bond acceptors (Lipinski definition) is 4. The van der Waals surface area contributed by atoms with Crippen LogP contribution in [-0.4, -0.2) is 20.9 Å². The highest BCUT2D eigenvalue weighted by Gasteiger charge is 2.19. The molecule has 0 aliphatic heterocycles. The fraction of sp³-hybridized carbons (Fsp3) is 0. The van der Waals surface area contributed by atoms with Crippen molar-refractivity contribution in [1.82, 2.24) is 9.97 Å². The summed E-state index contributed by atoms with van der Waals surface area (Å²) >= 11 is 7.51. The van der Waals surface area contributed by atoms with Gasteiger partial charge in [-0.15, -0.1) is 0 Å². The van der Waals surface area contributed by atoms with E-state index in [9.17, 15) is 9.90 Å². The molecule has 0 spiro atoms. The van der Waals surface area contributed by atoms with Crippen LogP contribution in [0.3, 0.4) is 0 Å². The standard InChI is InChI=1S/C18H11ClN2O2S/c19-15-3-1-2-12(17(15)23)16(22)14-8-21-18-13(14)6-11(7-20-18)10-4-5-24-9-10/h1-9,23H,(H,20,21). The second-order valence-electron chi connectivity index (χ2n) is 5.30. The number of thiophene rings is 1. The van der Waals surface area contributed by atoms with Gasteiger partial charge in [-0.2, -0.15) is 11.3 Å². The first-order chi connectivity index (χ1) is 11.6. The summed E-state index contributed by atoms with van der Waals surface area (Å²) in [6.45, 7) is 0. The van der Waals surface area contributed by atoms with Crippen molar-refractivity contribution in [2.75, 3.05) is 0 Å². The lowest BCUT2D eigenvalue weighted by Crippen LogP contribution is -2.01. The molecular formula is C18H11ClN2O2S. The molecule has 0 atom stereocenters. The Hall–Kier alpha value is -2.63. The maximum Gasteiger partial charge on any atom is 0.199 e. The van der Waals surface area contributed by atoms with Gasteiger partial charge in [0.2, 0.25) is 0 Å². The Morgan fingerprint density at radius 1 is 1.21 bits per heavy atom. The minimum Gasteiger partial charge on any atom is -0.506 e. The number of carbonyl (C=O) groups excluding carboxylic acids is 1. The highest BCUT2D eigenvalue weighted by atomic mass is 35.5. The van der Waals surface area contributed by atoms with Gasteiger partial charge < -0.3 is 10.1 Å². The number of carbonyl (C=O) groups is 1. The Balaban J connectivity index is 1.86. The molecule has 24 heavy (non-hydrogen) atoms. The molecule has 0 radical (unpaired) electrons. The van der Waals surface area contributed by atoms with E-state index in [2.05, 4.69) is 9.97 Å². The Labute approximate surface area is 146 Å². The largest absolute Gasteiger partial charge is 0.506 e. The van der Waals surface area contributed by atoms with Crippen LogP contribution in [-0.2, 0) is 0 Å². The molecule has 0 bridgehead atoms. The van der Waals surface area contributed by atoms with Crippen LogP contribution in [0.4, 0.5) is 0 Å². The van der Waals surface area contributed by atoms with E-state index in [4.69, 9.17) is 11.6 Å². The van der Waals surface area contributed by atoms with Crippen molar-refractivity contribution in [2.45, 2.75) is 0 Å². The van der Waals surface area contributed by atoms with E-state index < -0.39 is 0 Å². The molecule has 0 aliphatic carbocycles. The van der Waals surface area contributed by atoms with Gasteiger partial charge in [0.15, 0.2) is 5.78 Å². The van der Waals surface area contributed by atoms with Crippen molar-refractivity contribution < 1.29 is 9.90 Å². The Bertz CT molecular complexity index is 1050. The zero-order chi connectivity index (χ0) is 16.7. The third-order valence-corrected chi connectivity index (χ3v) is 4.85. The van der Waals surface area contributed by atoms with Crippen LogP contribution in [0.1, 0.15) is 15.9 Å². The number of nitrogens with one attached hydrogen (secondary N) is 1. The van der Waals surface area contributed by atoms with Crippen LogP contribution in [0.5, 0.6) is 5.75 Å². The Morgan fingerprint density at radius 2 is 2.08 bits per heavy atom. The molecule has 0 amide bonds. The summed E-state index contributed by atoms with van der Waals surface area (Å²) < 4.78 is 0. The number of ketones is 1. The monoisotopic (exact) mass is 354 g/mol.